The maximum absolute atomic E-state index is 12.9. The topological polar surface area (TPSA) is 44.8 Å². The fourth-order valence-electron chi connectivity index (χ4n) is 2.15. The summed E-state index contributed by atoms with van der Waals surface area (Å²) in [5.74, 6) is 0. The molecule has 0 radical (unpaired) electrons. The van der Waals surface area contributed by atoms with Gasteiger partial charge in [0.25, 0.3) is 0 Å². The van der Waals surface area contributed by atoms with Crippen molar-refractivity contribution in [1.82, 2.24) is 0 Å². The minimum atomic E-state index is -1.83. The molecule has 0 heterocycles. The van der Waals surface area contributed by atoms with Crippen LogP contribution >= 0.6 is 0 Å². The molecular weight excluding hydrogens is 316 g/mol. The van der Waals surface area contributed by atoms with Crippen molar-refractivity contribution in [3.05, 3.63) is 29.8 Å². The first kappa shape index (κ1) is 19.5. The van der Waals surface area contributed by atoms with E-state index in [2.05, 4.69) is 19.6 Å². The molecule has 0 bridgehead atoms. The monoisotopic (exact) mass is 344 g/mol. The van der Waals surface area contributed by atoms with Gasteiger partial charge < -0.3 is 13.9 Å². The molecule has 3 atom stereocenters. The van der Waals surface area contributed by atoms with E-state index in [1.54, 1.807) is 14.2 Å². The second-order valence-corrected chi connectivity index (χ2v) is 12.6. The van der Waals surface area contributed by atoms with Gasteiger partial charge in [-0.25, -0.2) is 0 Å². The van der Waals surface area contributed by atoms with E-state index in [4.69, 9.17) is 13.9 Å². The molecule has 0 saturated heterocycles. The predicted molar refractivity (Wildman–Crippen MR) is 93.1 cm³/mol. The molecule has 22 heavy (non-hydrogen) atoms. The van der Waals surface area contributed by atoms with E-state index in [9.17, 15) is 4.21 Å². The summed E-state index contributed by atoms with van der Waals surface area (Å²) in [5.41, 5.74) is 1.15. The lowest BCUT2D eigenvalue weighted by Crippen LogP contribution is -2.48. The van der Waals surface area contributed by atoms with Crippen LogP contribution in [-0.4, -0.2) is 44.4 Å². The van der Waals surface area contributed by atoms with Gasteiger partial charge in [-0.15, -0.1) is 0 Å². The maximum Gasteiger partial charge on any atom is 0.184 e. The number of rotatable bonds is 8. The normalized spacial score (nSPS) is 16.5. The zero-order valence-electron chi connectivity index (χ0n) is 14.6. The zero-order chi connectivity index (χ0) is 16.9. The Bertz CT molecular complexity index is 480. The lowest BCUT2D eigenvalue weighted by atomic mass is 10.2. The molecule has 6 heteroatoms. The van der Waals surface area contributed by atoms with Gasteiger partial charge in [0.2, 0.25) is 0 Å². The summed E-state index contributed by atoms with van der Waals surface area (Å²) in [4.78, 5) is 0.799. The molecular formula is C16H28O4SSi. The second-order valence-electron chi connectivity index (χ2n) is 6.35. The Hall–Kier alpha value is -0.533. The summed E-state index contributed by atoms with van der Waals surface area (Å²) in [5, 5.41) is -0.237. The van der Waals surface area contributed by atoms with Gasteiger partial charge in [0.15, 0.2) is 14.6 Å². The van der Waals surface area contributed by atoms with Gasteiger partial charge in [0.05, 0.1) is 16.0 Å². The van der Waals surface area contributed by atoms with Crippen LogP contribution in [0, 0.1) is 6.92 Å². The third-order valence-corrected chi connectivity index (χ3v) is 5.94. The van der Waals surface area contributed by atoms with Crippen LogP contribution in [-0.2, 0) is 24.7 Å². The van der Waals surface area contributed by atoms with E-state index < -0.39 is 25.4 Å². The van der Waals surface area contributed by atoms with Gasteiger partial charge in [-0.05, 0) is 45.6 Å². The number of methoxy groups -OCH3 is 2. The Morgan fingerprint density at radius 1 is 1.05 bits per heavy atom. The summed E-state index contributed by atoms with van der Waals surface area (Å²) >= 11 is 0. The fraction of sp³-hybridized carbons (Fsp3) is 0.625. The van der Waals surface area contributed by atoms with Crippen molar-refractivity contribution in [2.24, 2.45) is 0 Å². The van der Waals surface area contributed by atoms with Crippen LogP contribution in [0.3, 0.4) is 0 Å². The average molecular weight is 345 g/mol. The lowest BCUT2D eigenvalue weighted by Gasteiger charge is -2.34. The first-order valence-electron chi connectivity index (χ1n) is 7.40. The van der Waals surface area contributed by atoms with Crippen molar-refractivity contribution in [2.75, 3.05) is 14.2 Å². The van der Waals surface area contributed by atoms with E-state index in [0.717, 1.165) is 10.5 Å². The Morgan fingerprint density at radius 3 is 1.95 bits per heavy atom. The molecule has 0 fully saturated rings. The Kier molecular flexibility index (Phi) is 7.41. The summed E-state index contributed by atoms with van der Waals surface area (Å²) in [6.45, 7) is 10.2. The summed E-state index contributed by atoms with van der Waals surface area (Å²) < 4.78 is 29.8. The molecule has 1 rings (SSSR count). The van der Waals surface area contributed by atoms with E-state index >= 15 is 0 Å². The quantitative estimate of drug-likeness (QED) is 0.536. The van der Waals surface area contributed by atoms with E-state index in [1.165, 1.54) is 0 Å². The van der Waals surface area contributed by atoms with E-state index in [-0.39, 0.29) is 11.4 Å². The van der Waals surface area contributed by atoms with Crippen molar-refractivity contribution in [2.45, 2.75) is 56.0 Å². The Balaban J connectivity index is 3.01. The summed E-state index contributed by atoms with van der Waals surface area (Å²) in [6, 6.07) is 7.75. The fourth-order valence-corrected chi connectivity index (χ4v) is 4.65. The van der Waals surface area contributed by atoms with E-state index in [0.29, 0.717) is 0 Å². The largest absolute Gasteiger partial charge is 0.408 e. The maximum atomic E-state index is 12.9. The number of benzene rings is 1. The smallest absolute Gasteiger partial charge is 0.184 e. The molecule has 0 N–H and O–H groups in total. The highest BCUT2D eigenvalue weighted by molar-refractivity contribution is 7.85. The van der Waals surface area contributed by atoms with Gasteiger partial charge >= 0.3 is 0 Å². The average Bonchev–Trinajstić information content (AvgIpc) is 2.45. The Morgan fingerprint density at radius 2 is 1.55 bits per heavy atom. The second kappa shape index (κ2) is 8.36. The van der Waals surface area contributed by atoms with Gasteiger partial charge in [0.1, 0.15) is 6.10 Å². The minimum absolute atomic E-state index is 0.237. The molecule has 0 aliphatic carbocycles. The molecule has 1 aromatic rings. The Labute approximate surface area is 137 Å². The van der Waals surface area contributed by atoms with Crippen molar-refractivity contribution in [3.63, 3.8) is 0 Å². The molecule has 1 aromatic carbocycles. The first-order chi connectivity index (χ1) is 10.2. The number of aryl methyl sites for hydroxylation is 1. The van der Waals surface area contributed by atoms with Crippen LogP contribution in [0.25, 0.3) is 0 Å². The molecule has 0 aliphatic heterocycles. The van der Waals surface area contributed by atoms with E-state index in [1.807, 2.05) is 38.1 Å². The highest BCUT2D eigenvalue weighted by Crippen LogP contribution is 2.23. The number of ether oxygens (including phenoxy) is 2. The van der Waals surface area contributed by atoms with Crippen molar-refractivity contribution in [3.8, 4) is 0 Å². The molecule has 4 nitrogen and oxygen atoms in total. The van der Waals surface area contributed by atoms with Crippen LogP contribution in [0.1, 0.15) is 12.5 Å². The van der Waals surface area contributed by atoms with Gasteiger partial charge in [-0.2, -0.15) is 0 Å². The third-order valence-electron chi connectivity index (χ3n) is 3.28. The van der Waals surface area contributed by atoms with Gasteiger partial charge in [-0.1, -0.05) is 17.7 Å². The van der Waals surface area contributed by atoms with Gasteiger partial charge in [-0.3, -0.25) is 4.21 Å². The predicted octanol–water partition coefficient (Wildman–Crippen LogP) is 3.33. The van der Waals surface area contributed by atoms with Gasteiger partial charge in [0, 0.05) is 19.1 Å². The zero-order valence-corrected chi connectivity index (χ0v) is 16.4. The molecule has 0 amide bonds. The lowest BCUT2D eigenvalue weighted by molar-refractivity contribution is -0.157. The van der Waals surface area contributed by atoms with Crippen LogP contribution in [0.4, 0.5) is 0 Å². The highest BCUT2D eigenvalue weighted by atomic mass is 32.2. The summed E-state index contributed by atoms with van der Waals surface area (Å²) in [7, 11) is 0.143. The van der Waals surface area contributed by atoms with Crippen LogP contribution < -0.4 is 0 Å². The van der Waals surface area contributed by atoms with Crippen LogP contribution in [0.2, 0.25) is 19.6 Å². The molecule has 1 unspecified atom stereocenters. The highest BCUT2D eigenvalue weighted by Gasteiger charge is 2.35. The summed E-state index contributed by atoms with van der Waals surface area (Å²) in [6.07, 6.45) is -0.903. The SMILES string of the molecule is COC(OC)[C@H](O[Si](C)(C)C)[C@H](C)S(=O)c1ccc(C)cc1. The molecule has 0 aliphatic rings. The molecule has 0 aromatic heterocycles. The molecule has 0 saturated carbocycles. The van der Waals surface area contributed by atoms with Crippen molar-refractivity contribution < 1.29 is 18.1 Å². The third kappa shape index (κ3) is 5.59. The van der Waals surface area contributed by atoms with Crippen molar-refractivity contribution in [1.29, 1.82) is 0 Å². The number of hydrogen-bond donors (Lipinski definition) is 0. The van der Waals surface area contributed by atoms with Crippen LogP contribution in [0.15, 0.2) is 29.2 Å². The van der Waals surface area contributed by atoms with Crippen LogP contribution in [0.5, 0.6) is 0 Å². The molecule has 0 spiro atoms. The van der Waals surface area contributed by atoms with Crippen molar-refractivity contribution >= 4 is 19.1 Å². The standard InChI is InChI=1S/C16H28O4SSi/c1-12-8-10-14(11-9-12)21(17)13(2)15(16(18-3)19-4)20-22(5,6)7/h8-11,13,15-16H,1-7H3/t13-,15+,21?/m0/s1. The minimum Gasteiger partial charge on any atom is -0.408 e. The molecule has 126 valence electrons. The first-order valence-corrected chi connectivity index (χ1v) is 12.0. The number of hydrogen-bond acceptors (Lipinski definition) is 4.